The molecule has 0 aliphatic heterocycles. The van der Waals surface area contributed by atoms with Crippen LogP contribution >= 0.6 is 0 Å². The Kier molecular flexibility index (Phi) is 6.68. The number of nitrogens with zero attached hydrogens (tertiary/aromatic N) is 2. The predicted molar refractivity (Wildman–Crippen MR) is 111 cm³/mol. The van der Waals surface area contributed by atoms with Gasteiger partial charge in [0.2, 0.25) is 11.7 Å². The zero-order valence-corrected chi connectivity index (χ0v) is 17.9. The van der Waals surface area contributed by atoms with Gasteiger partial charge < -0.3 is 10.1 Å². The smallest absolute Gasteiger partial charge is 0.306 e. The Morgan fingerprint density at radius 2 is 2.00 bits per heavy atom. The molecule has 1 saturated carbocycles. The van der Waals surface area contributed by atoms with E-state index in [1.807, 2.05) is 0 Å². The van der Waals surface area contributed by atoms with Crippen LogP contribution in [-0.4, -0.2) is 36.6 Å². The van der Waals surface area contributed by atoms with Gasteiger partial charge >= 0.3 is 5.92 Å². The number of hydrogen-bond donors (Lipinski definition) is 1. The van der Waals surface area contributed by atoms with Crippen molar-refractivity contribution < 1.29 is 26.7 Å². The lowest BCUT2D eigenvalue weighted by molar-refractivity contribution is -0.0181. The quantitative estimate of drug-likeness (QED) is 0.622. The van der Waals surface area contributed by atoms with Gasteiger partial charge in [-0.1, -0.05) is 31.2 Å². The van der Waals surface area contributed by atoms with Crippen molar-refractivity contribution in [1.29, 1.82) is 0 Å². The van der Waals surface area contributed by atoms with E-state index in [-0.39, 0.29) is 17.4 Å². The molecule has 1 aliphatic rings. The number of sulfone groups is 1. The average molecular weight is 451 g/mol. The maximum absolute atomic E-state index is 14.1. The highest BCUT2D eigenvalue weighted by atomic mass is 32.2. The molecule has 0 saturated heterocycles. The zero-order chi connectivity index (χ0) is 22.6. The molecule has 7 nitrogen and oxygen atoms in total. The molecule has 1 atom stereocenters. The maximum Gasteiger partial charge on any atom is 0.306 e. The van der Waals surface area contributed by atoms with Crippen molar-refractivity contribution in [3.05, 3.63) is 59.4 Å². The Morgan fingerprint density at radius 3 is 2.58 bits per heavy atom. The van der Waals surface area contributed by atoms with E-state index in [0.29, 0.717) is 5.75 Å². The molecular weight excluding hydrogens is 428 g/mol. The second kappa shape index (κ2) is 9.09. The second-order valence-corrected chi connectivity index (χ2v) is 9.31. The van der Waals surface area contributed by atoms with Gasteiger partial charge in [0.15, 0.2) is 9.84 Å². The van der Waals surface area contributed by atoms with E-state index in [1.54, 1.807) is 30.3 Å². The highest BCUT2D eigenvalue weighted by molar-refractivity contribution is 7.93. The third kappa shape index (κ3) is 6.30. The summed E-state index contributed by atoms with van der Waals surface area (Å²) in [6, 6.07) is 7.81. The van der Waals surface area contributed by atoms with Gasteiger partial charge in [0, 0.05) is 24.3 Å². The van der Waals surface area contributed by atoms with Crippen LogP contribution in [0.5, 0.6) is 11.6 Å². The Balaban J connectivity index is 1.92. The van der Waals surface area contributed by atoms with Gasteiger partial charge in [-0.2, -0.15) is 13.8 Å². The number of ether oxygens (including phenoxy) is 1. The molecule has 1 fully saturated rings. The third-order valence-corrected chi connectivity index (χ3v) is 5.34. The van der Waals surface area contributed by atoms with Crippen molar-refractivity contribution in [1.82, 2.24) is 15.3 Å². The molecule has 1 aliphatic carbocycles. The molecule has 1 aromatic carbocycles. The number of para-hydroxylation sites is 1. The van der Waals surface area contributed by atoms with Crippen molar-refractivity contribution >= 4 is 15.7 Å². The zero-order valence-electron chi connectivity index (χ0n) is 17.1. The number of carbonyl (C=O) groups is 1. The number of hydrogen-bond acceptors (Lipinski definition) is 6. The molecule has 1 amide bonds. The van der Waals surface area contributed by atoms with E-state index < -0.39 is 40.0 Å². The van der Waals surface area contributed by atoms with Gasteiger partial charge in [0.25, 0.3) is 5.91 Å². The molecule has 0 radical (unpaired) electrons. The Hall–Kier alpha value is -2.88. The third-order valence-electron chi connectivity index (χ3n) is 4.69. The largest absolute Gasteiger partial charge is 0.438 e. The second-order valence-electron chi connectivity index (χ2n) is 7.38. The van der Waals surface area contributed by atoms with E-state index in [9.17, 15) is 22.0 Å². The lowest BCUT2D eigenvalue weighted by Gasteiger charge is -2.18. The lowest BCUT2D eigenvalue weighted by atomic mass is 10.1. The monoisotopic (exact) mass is 451 g/mol. The topological polar surface area (TPSA) is 98.2 Å². The number of halogens is 2. The summed E-state index contributed by atoms with van der Waals surface area (Å²) in [7, 11) is -3.36. The highest BCUT2D eigenvalue weighted by Crippen LogP contribution is 2.34. The molecule has 1 heterocycles. The Morgan fingerprint density at radius 1 is 1.32 bits per heavy atom. The summed E-state index contributed by atoms with van der Waals surface area (Å²) < 4.78 is 56.8. The van der Waals surface area contributed by atoms with E-state index in [2.05, 4.69) is 15.3 Å². The van der Waals surface area contributed by atoms with Crippen LogP contribution in [0, 0.1) is 5.92 Å². The van der Waals surface area contributed by atoms with Crippen LogP contribution in [0.2, 0.25) is 0 Å². The van der Waals surface area contributed by atoms with Crippen LogP contribution in [0.15, 0.2) is 48.0 Å². The van der Waals surface area contributed by atoms with E-state index >= 15 is 0 Å². The van der Waals surface area contributed by atoms with Crippen molar-refractivity contribution in [2.45, 2.75) is 38.2 Å². The summed E-state index contributed by atoms with van der Waals surface area (Å²) >= 11 is 0. The van der Waals surface area contributed by atoms with Crippen LogP contribution in [0.1, 0.15) is 42.4 Å². The number of amides is 1. The molecule has 10 heteroatoms. The first kappa shape index (κ1) is 22.8. The van der Waals surface area contributed by atoms with Crippen molar-refractivity contribution in [2.24, 2.45) is 5.92 Å². The molecular formula is C21H23F2N3O4S. The summed E-state index contributed by atoms with van der Waals surface area (Å²) in [6.07, 6.45) is 4.65. The standard InChI is InChI=1S/C21H23F2N3O4S/c1-3-21(22,23)20-24-13-16(19(26-20)30-15-7-5-4-6-8-15)18(27)25-17(14-9-10-14)11-12-31(2,28)29/h4-8,11-14,17H,3,9-10H2,1-2H3,(H,25,27)/b12-11+. The summed E-state index contributed by atoms with van der Waals surface area (Å²) in [6.45, 7) is 1.30. The molecule has 0 bridgehead atoms. The van der Waals surface area contributed by atoms with E-state index in [0.717, 1.165) is 30.7 Å². The van der Waals surface area contributed by atoms with Gasteiger partial charge in [-0.15, -0.1) is 0 Å². The first-order valence-electron chi connectivity index (χ1n) is 9.76. The van der Waals surface area contributed by atoms with Crippen LogP contribution in [0.3, 0.4) is 0 Å². The summed E-state index contributed by atoms with van der Waals surface area (Å²) in [5.41, 5.74) is -0.127. The van der Waals surface area contributed by atoms with Crippen LogP contribution in [0.25, 0.3) is 0 Å². The van der Waals surface area contributed by atoms with Crippen molar-refractivity contribution in [3.8, 4) is 11.6 Å². The summed E-state index contributed by atoms with van der Waals surface area (Å²) in [4.78, 5) is 20.4. The van der Waals surface area contributed by atoms with Crippen molar-refractivity contribution in [2.75, 3.05) is 6.26 Å². The first-order chi connectivity index (χ1) is 14.6. The number of aromatic nitrogens is 2. The van der Waals surface area contributed by atoms with E-state index in [4.69, 9.17) is 4.74 Å². The first-order valence-corrected chi connectivity index (χ1v) is 11.7. The van der Waals surface area contributed by atoms with Crippen LogP contribution < -0.4 is 10.1 Å². The molecule has 31 heavy (non-hydrogen) atoms. The molecule has 1 N–H and O–H groups in total. The van der Waals surface area contributed by atoms with Crippen LogP contribution in [0.4, 0.5) is 8.78 Å². The number of benzene rings is 1. The highest BCUT2D eigenvalue weighted by Gasteiger charge is 2.35. The number of carbonyl (C=O) groups excluding carboxylic acids is 1. The fourth-order valence-corrected chi connectivity index (χ4v) is 3.22. The molecule has 3 rings (SSSR count). The van der Waals surface area contributed by atoms with Crippen molar-refractivity contribution in [3.63, 3.8) is 0 Å². The number of rotatable bonds is 9. The van der Waals surface area contributed by atoms with E-state index in [1.165, 1.54) is 13.0 Å². The molecule has 166 valence electrons. The lowest BCUT2D eigenvalue weighted by Crippen LogP contribution is -2.35. The SMILES string of the molecule is CCC(F)(F)c1ncc(C(=O)NC(/C=C/S(C)(=O)=O)C2CC2)c(Oc2ccccc2)n1. The molecule has 1 unspecified atom stereocenters. The van der Waals surface area contributed by atoms with Crippen LogP contribution in [-0.2, 0) is 15.8 Å². The normalized spacial score (nSPS) is 15.6. The molecule has 2 aromatic rings. The molecule has 0 spiro atoms. The van der Waals surface area contributed by atoms with Gasteiger partial charge in [0.1, 0.15) is 11.3 Å². The average Bonchev–Trinajstić information content (AvgIpc) is 3.56. The molecule has 1 aromatic heterocycles. The maximum atomic E-state index is 14.1. The minimum Gasteiger partial charge on any atom is -0.438 e. The fraction of sp³-hybridized carbons (Fsp3) is 0.381. The van der Waals surface area contributed by atoms with Gasteiger partial charge in [-0.05, 0) is 30.9 Å². The fourth-order valence-electron chi connectivity index (χ4n) is 2.77. The number of alkyl halides is 2. The van der Waals surface area contributed by atoms with Gasteiger partial charge in [0.05, 0.1) is 6.04 Å². The minimum absolute atomic E-state index is 0.102. The summed E-state index contributed by atoms with van der Waals surface area (Å²) in [5, 5.41) is 3.77. The Bertz CT molecular complexity index is 1070. The predicted octanol–water partition coefficient (Wildman–Crippen LogP) is 3.84. The van der Waals surface area contributed by atoms with Gasteiger partial charge in [-0.3, -0.25) is 4.79 Å². The minimum atomic E-state index is -3.36. The Labute approximate surface area is 179 Å². The number of nitrogens with one attached hydrogen (secondary N) is 1. The van der Waals surface area contributed by atoms with Gasteiger partial charge in [-0.25, -0.2) is 13.4 Å². The summed E-state index contributed by atoms with van der Waals surface area (Å²) in [5.74, 6) is -4.55.